The van der Waals surface area contributed by atoms with E-state index in [1.165, 1.54) is 44.9 Å². The second-order valence-electron chi connectivity index (χ2n) is 7.49. The second-order valence-corrected chi connectivity index (χ2v) is 7.49. The van der Waals surface area contributed by atoms with Gasteiger partial charge in [0.05, 0.1) is 6.10 Å². The van der Waals surface area contributed by atoms with Gasteiger partial charge < -0.3 is 10.1 Å². The van der Waals surface area contributed by atoms with Gasteiger partial charge in [-0.2, -0.15) is 0 Å². The van der Waals surface area contributed by atoms with Crippen molar-refractivity contribution in [3.05, 3.63) is 0 Å². The molecule has 2 heteroatoms. The normalized spacial score (nSPS) is 36.0. The number of rotatable bonds is 8. The number of nitrogens with one attached hydrogen (secondary N) is 1. The molecule has 2 aliphatic rings. The maximum Gasteiger partial charge on any atom is 0.0636 e. The van der Waals surface area contributed by atoms with Crippen LogP contribution in [0.3, 0.4) is 0 Å². The lowest BCUT2D eigenvalue weighted by Gasteiger charge is -2.39. The van der Waals surface area contributed by atoms with Crippen LogP contribution in [0, 0.1) is 16.7 Å². The summed E-state index contributed by atoms with van der Waals surface area (Å²) in [5.74, 6) is 0.901. The van der Waals surface area contributed by atoms with Crippen molar-refractivity contribution < 1.29 is 4.74 Å². The molecule has 3 atom stereocenters. The van der Waals surface area contributed by atoms with Crippen LogP contribution < -0.4 is 5.32 Å². The van der Waals surface area contributed by atoms with Crippen LogP contribution in [0.15, 0.2) is 0 Å². The lowest BCUT2D eigenvalue weighted by atomic mass is 9.70. The van der Waals surface area contributed by atoms with Crippen molar-refractivity contribution in [1.82, 2.24) is 5.32 Å². The minimum absolute atomic E-state index is 0.434. The van der Waals surface area contributed by atoms with Crippen molar-refractivity contribution in [3.8, 4) is 0 Å². The Balaban J connectivity index is 1.65. The molecule has 0 aromatic carbocycles. The summed E-state index contributed by atoms with van der Waals surface area (Å²) >= 11 is 0. The van der Waals surface area contributed by atoms with E-state index >= 15 is 0 Å². The zero-order chi connectivity index (χ0) is 13.9. The third-order valence-corrected chi connectivity index (χ3v) is 6.35. The van der Waals surface area contributed by atoms with Crippen molar-refractivity contribution in [2.75, 3.05) is 20.2 Å². The molecule has 2 bridgehead atoms. The first-order chi connectivity index (χ1) is 9.02. The molecule has 0 aromatic rings. The van der Waals surface area contributed by atoms with Crippen LogP contribution in [0.2, 0.25) is 0 Å². The zero-order valence-electron chi connectivity index (χ0n) is 13.4. The fraction of sp³-hybridized carbons (Fsp3) is 1.00. The molecule has 112 valence electrons. The molecule has 0 amide bonds. The van der Waals surface area contributed by atoms with E-state index in [9.17, 15) is 0 Å². The average Bonchev–Trinajstić information content (AvgIpc) is 2.70. The summed E-state index contributed by atoms with van der Waals surface area (Å²) in [6, 6.07) is 0. The Morgan fingerprint density at radius 1 is 1.11 bits per heavy atom. The molecule has 0 saturated heterocycles. The second kappa shape index (κ2) is 6.13. The highest BCUT2D eigenvalue weighted by Crippen LogP contribution is 2.66. The fourth-order valence-corrected chi connectivity index (χ4v) is 4.37. The van der Waals surface area contributed by atoms with Crippen molar-refractivity contribution in [3.63, 3.8) is 0 Å². The van der Waals surface area contributed by atoms with E-state index in [1.54, 1.807) is 0 Å². The van der Waals surface area contributed by atoms with E-state index in [2.05, 4.69) is 26.1 Å². The molecular weight excluding hydrogens is 234 g/mol. The van der Waals surface area contributed by atoms with Gasteiger partial charge in [-0.25, -0.2) is 0 Å². The minimum Gasteiger partial charge on any atom is -0.378 e. The summed E-state index contributed by atoms with van der Waals surface area (Å²) < 4.78 is 6.27. The maximum absolute atomic E-state index is 6.27. The van der Waals surface area contributed by atoms with E-state index < -0.39 is 0 Å². The predicted molar refractivity (Wildman–Crippen MR) is 81.4 cm³/mol. The van der Waals surface area contributed by atoms with Gasteiger partial charge in [-0.15, -0.1) is 0 Å². The van der Waals surface area contributed by atoms with Crippen LogP contribution in [0.1, 0.15) is 65.7 Å². The van der Waals surface area contributed by atoms with Gasteiger partial charge in [-0.1, -0.05) is 33.6 Å². The highest BCUT2D eigenvalue weighted by atomic mass is 16.5. The van der Waals surface area contributed by atoms with Gasteiger partial charge in [0, 0.05) is 6.61 Å². The first-order valence-electron chi connectivity index (χ1n) is 8.28. The Kier molecular flexibility index (Phi) is 4.94. The number of hydrogen-bond acceptors (Lipinski definition) is 2. The zero-order valence-corrected chi connectivity index (χ0v) is 13.4. The molecule has 2 saturated carbocycles. The first-order valence-corrected chi connectivity index (χ1v) is 8.28. The quantitative estimate of drug-likeness (QED) is 0.671. The van der Waals surface area contributed by atoms with Gasteiger partial charge in [0.25, 0.3) is 0 Å². The summed E-state index contributed by atoms with van der Waals surface area (Å²) in [5, 5.41) is 3.20. The van der Waals surface area contributed by atoms with Crippen LogP contribution >= 0.6 is 0 Å². The van der Waals surface area contributed by atoms with Crippen LogP contribution in [0.4, 0.5) is 0 Å². The van der Waals surface area contributed by atoms with Gasteiger partial charge in [0.15, 0.2) is 0 Å². The molecule has 0 aromatic heterocycles. The van der Waals surface area contributed by atoms with E-state index in [1.807, 2.05) is 7.05 Å². The van der Waals surface area contributed by atoms with Gasteiger partial charge in [-0.3, -0.25) is 0 Å². The Bertz CT molecular complexity index is 289. The van der Waals surface area contributed by atoms with Gasteiger partial charge in [-0.05, 0) is 62.4 Å². The average molecular weight is 267 g/mol. The monoisotopic (exact) mass is 267 g/mol. The maximum atomic E-state index is 6.27. The Labute approximate surface area is 119 Å². The fourth-order valence-electron chi connectivity index (χ4n) is 4.37. The van der Waals surface area contributed by atoms with E-state index in [-0.39, 0.29) is 0 Å². The number of hydrogen-bond donors (Lipinski definition) is 1. The van der Waals surface area contributed by atoms with Gasteiger partial charge in [0.1, 0.15) is 0 Å². The number of ether oxygens (including phenoxy) is 1. The Morgan fingerprint density at radius 2 is 1.84 bits per heavy atom. The molecule has 19 heavy (non-hydrogen) atoms. The van der Waals surface area contributed by atoms with Crippen LogP contribution in [-0.2, 0) is 4.74 Å². The standard InChI is InChI=1S/C17H33NO/c1-16(2)14-9-10-17(16,3)15(13-14)19-12-8-6-5-7-11-18-4/h14-15,18H,5-13H2,1-4H3. The highest BCUT2D eigenvalue weighted by molar-refractivity contribution is 5.11. The lowest BCUT2D eigenvalue weighted by Crippen LogP contribution is -2.37. The molecule has 0 radical (unpaired) electrons. The van der Waals surface area contributed by atoms with Gasteiger partial charge in [0.2, 0.25) is 0 Å². The number of fused-ring (bicyclic) bond motifs is 2. The molecule has 2 nitrogen and oxygen atoms in total. The predicted octanol–water partition coefficient (Wildman–Crippen LogP) is 4.00. The summed E-state index contributed by atoms with van der Waals surface area (Å²) in [4.78, 5) is 0. The molecule has 3 unspecified atom stereocenters. The highest BCUT2D eigenvalue weighted by Gasteiger charge is 2.61. The lowest BCUT2D eigenvalue weighted by molar-refractivity contribution is -0.0475. The van der Waals surface area contributed by atoms with Gasteiger partial charge >= 0.3 is 0 Å². The van der Waals surface area contributed by atoms with E-state index in [0.717, 1.165) is 19.1 Å². The third kappa shape index (κ3) is 2.85. The third-order valence-electron chi connectivity index (χ3n) is 6.35. The number of unbranched alkanes of at least 4 members (excludes halogenated alkanes) is 3. The molecule has 0 aliphatic heterocycles. The van der Waals surface area contributed by atoms with Crippen LogP contribution in [-0.4, -0.2) is 26.3 Å². The SMILES string of the molecule is CNCCCCCCOC1CC2CCC1(C)C2(C)C. The van der Waals surface area contributed by atoms with Crippen molar-refractivity contribution in [2.45, 2.75) is 71.8 Å². The summed E-state index contributed by atoms with van der Waals surface area (Å²) in [6.07, 6.45) is 9.82. The van der Waals surface area contributed by atoms with Crippen molar-refractivity contribution in [1.29, 1.82) is 0 Å². The Hall–Kier alpha value is -0.0800. The molecule has 2 aliphatic carbocycles. The van der Waals surface area contributed by atoms with E-state index in [4.69, 9.17) is 4.74 Å². The van der Waals surface area contributed by atoms with Crippen LogP contribution in [0.5, 0.6) is 0 Å². The molecule has 0 spiro atoms. The summed E-state index contributed by atoms with van der Waals surface area (Å²) in [5.41, 5.74) is 0.925. The topological polar surface area (TPSA) is 21.3 Å². The minimum atomic E-state index is 0.434. The first kappa shape index (κ1) is 15.3. The summed E-state index contributed by atoms with van der Waals surface area (Å²) in [6.45, 7) is 9.52. The summed E-state index contributed by atoms with van der Waals surface area (Å²) in [7, 11) is 2.03. The molecular formula is C17H33NO. The largest absolute Gasteiger partial charge is 0.378 e. The van der Waals surface area contributed by atoms with Crippen LogP contribution in [0.25, 0.3) is 0 Å². The van der Waals surface area contributed by atoms with Crippen molar-refractivity contribution >= 4 is 0 Å². The molecule has 2 fully saturated rings. The molecule has 0 heterocycles. The molecule has 1 N–H and O–H groups in total. The van der Waals surface area contributed by atoms with E-state index in [0.29, 0.717) is 16.9 Å². The Morgan fingerprint density at radius 3 is 2.42 bits per heavy atom. The molecule has 2 rings (SSSR count). The van der Waals surface area contributed by atoms with Crippen molar-refractivity contribution in [2.24, 2.45) is 16.7 Å². The smallest absolute Gasteiger partial charge is 0.0636 e.